The molecule has 1 fully saturated rings. The number of rotatable bonds is 6. The zero-order chi connectivity index (χ0) is 24.0. The van der Waals surface area contributed by atoms with Gasteiger partial charge in [0.15, 0.2) is 35.1 Å². The number of hydrogen-bond donors (Lipinski definition) is 4. The largest absolute Gasteiger partial charge is 0.387 e. The number of ether oxygens (including phenoxy) is 1. The van der Waals surface area contributed by atoms with Crippen LogP contribution in [-0.4, -0.2) is 67.5 Å². The summed E-state index contributed by atoms with van der Waals surface area (Å²) in [6.45, 7) is 2.13. The van der Waals surface area contributed by atoms with Gasteiger partial charge in [0.2, 0.25) is 0 Å². The Balaban J connectivity index is 1.60. The number of fused-ring (bicyclic) bond motifs is 1. The van der Waals surface area contributed by atoms with Gasteiger partial charge < -0.3 is 25.6 Å². The lowest BCUT2D eigenvalue weighted by Gasteiger charge is -2.17. The molecule has 4 aromatic rings. The fraction of sp³-hybridized carbons (Fsp3) is 0.333. The van der Waals surface area contributed by atoms with E-state index < -0.39 is 30.4 Å². The average molecular weight is 521 g/mol. The Kier molecular flexibility index (Phi) is 6.27. The van der Waals surface area contributed by atoms with Crippen molar-refractivity contribution in [2.24, 2.45) is 0 Å². The molecule has 0 aliphatic carbocycles. The third-order valence-electron chi connectivity index (χ3n) is 5.55. The van der Waals surface area contributed by atoms with Crippen LogP contribution in [-0.2, 0) is 9.53 Å². The molecule has 0 unspecified atom stereocenters. The highest BCUT2D eigenvalue weighted by Crippen LogP contribution is 2.42. The molecule has 0 spiro atoms. The smallest absolute Gasteiger partial charge is 0.252 e. The molecule has 10 nitrogen and oxygen atoms in total. The molecule has 34 heavy (non-hydrogen) atoms. The first-order chi connectivity index (χ1) is 16.4. The number of aliphatic hydroxyl groups is 2. The number of nitrogens with zero attached hydrogens (tertiary/aromatic N) is 4. The van der Waals surface area contributed by atoms with Crippen molar-refractivity contribution in [3.8, 4) is 21.8 Å². The molecule has 178 valence electrons. The summed E-state index contributed by atoms with van der Waals surface area (Å²) in [4.78, 5) is 27.0. The zero-order valence-corrected chi connectivity index (χ0v) is 20.5. The van der Waals surface area contributed by atoms with Crippen molar-refractivity contribution in [3.63, 3.8) is 0 Å². The molecule has 1 aliphatic rings. The van der Waals surface area contributed by atoms with Gasteiger partial charge in [0, 0.05) is 29.6 Å². The van der Waals surface area contributed by atoms with Gasteiger partial charge >= 0.3 is 0 Å². The Morgan fingerprint density at radius 3 is 2.68 bits per heavy atom. The van der Waals surface area contributed by atoms with Crippen molar-refractivity contribution in [2.75, 3.05) is 18.9 Å². The van der Waals surface area contributed by atoms with E-state index in [9.17, 15) is 15.0 Å². The second kappa shape index (κ2) is 9.21. The third-order valence-corrected chi connectivity index (χ3v) is 7.67. The van der Waals surface area contributed by atoms with Crippen LogP contribution in [0.4, 0.5) is 5.82 Å². The summed E-state index contributed by atoms with van der Waals surface area (Å²) >= 11 is 9.37. The molecule has 0 saturated carbocycles. The number of halogens is 1. The number of likely N-dealkylation sites (N-methyl/N-ethyl adjacent to an activating group) is 1. The van der Waals surface area contributed by atoms with E-state index in [1.54, 1.807) is 14.0 Å². The number of aromatic nitrogens is 4. The molecule has 5 heterocycles. The first-order valence-electron chi connectivity index (χ1n) is 10.5. The Bertz CT molecular complexity index is 1350. The molecule has 0 bridgehead atoms. The van der Waals surface area contributed by atoms with Crippen molar-refractivity contribution in [2.45, 2.75) is 31.5 Å². The van der Waals surface area contributed by atoms with E-state index in [0.29, 0.717) is 33.7 Å². The fourth-order valence-corrected chi connectivity index (χ4v) is 5.90. The SMILES string of the molecule is CCNC(=O)[C@H]1O[C@@H](n2cnc3c(NC)nc(-c4ccsc4-c4ccsc4Cl)nc32)[C@H](O)[C@@H]1O. The Morgan fingerprint density at radius 1 is 1.21 bits per heavy atom. The molecule has 13 heteroatoms. The first-order valence-corrected chi connectivity index (χ1v) is 12.6. The predicted molar refractivity (Wildman–Crippen MR) is 131 cm³/mol. The number of carbonyl (C=O) groups is 1. The van der Waals surface area contributed by atoms with Gasteiger partial charge in [0.1, 0.15) is 16.5 Å². The number of hydrogen-bond acceptors (Lipinski definition) is 10. The highest BCUT2D eigenvalue weighted by Gasteiger charge is 2.47. The lowest BCUT2D eigenvalue weighted by Crippen LogP contribution is -2.42. The van der Waals surface area contributed by atoms with Gasteiger partial charge in [-0.05, 0) is 29.8 Å². The van der Waals surface area contributed by atoms with E-state index >= 15 is 0 Å². The molecule has 4 N–H and O–H groups in total. The molecule has 4 atom stereocenters. The molecule has 0 aromatic carbocycles. The van der Waals surface area contributed by atoms with E-state index in [2.05, 4.69) is 20.6 Å². The van der Waals surface area contributed by atoms with E-state index in [1.165, 1.54) is 33.6 Å². The van der Waals surface area contributed by atoms with Crippen LogP contribution in [0.15, 0.2) is 29.2 Å². The van der Waals surface area contributed by atoms with Gasteiger partial charge in [0.05, 0.1) is 6.33 Å². The van der Waals surface area contributed by atoms with Crippen molar-refractivity contribution in [3.05, 3.63) is 33.6 Å². The van der Waals surface area contributed by atoms with Gasteiger partial charge in [-0.15, -0.1) is 22.7 Å². The second-order valence-electron chi connectivity index (χ2n) is 7.56. The third kappa shape index (κ3) is 3.76. The quantitative estimate of drug-likeness (QED) is 0.305. The van der Waals surface area contributed by atoms with Crippen molar-refractivity contribution >= 4 is 57.2 Å². The van der Waals surface area contributed by atoms with Crippen LogP contribution in [0.5, 0.6) is 0 Å². The van der Waals surface area contributed by atoms with Crippen LogP contribution >= 0.6 is 34.3 Å². The summed E-state index contributed by atoms with van der Waals surface area (Å²) in [6, 6.07) is 3.88. The number of nitrogens with one attached hydrogen (secondary N) is 2. The van der Waals surface area contributed by atoms with Crippen LogP contribution < -0.4 is 10.6 Å². The fourth-order valence-electron chi connectivity index (χ4n) is 3.93. The Morgan fingerprint density at radius 2 is 1.97 bits per heavy atom. The molecule has 1 amide bonds. The summed E-state index contributed by atoms with van der Waals surface area (Å²) in [5.74, 6) is 0.425. The number of imidazole rings is 1. The Hall–Kier alpha value is -2.61. The van der Waals surface area contributed by atoms with Crippen LogP contribution in [0.2, 0.25) is 4.34 Å². The van der Waals surface area contributed by atoms with Gasteiger partial charge in [-0.25, -0.2) is 15.0 Å². The molecule has 4 aromatic heterocycles. The van der Waals surface area contributed by atoms with E-state index in [-0.39, 0.29) is 0 Å². The van der Waals surface area contributed by atoms with Gasteiger partial charge in [0.25, 0.3) is 5.91 Å². The lowest BCUT2D eigenvalue weighted by molar-refractivity contribution is -0.137. The lowest BCUT2D eigenvalue weighted by atomic mass is 10.1. The standard InChI is InChI=1S/C21H21ClN6O4S2/c1-3-24-20(31)14-12(29)13(30)21(32-14)28-8-25-11-18(23-2)26-17(27-19(11)28)10-5-6-33-15(10)9-4-7-34-16(9)22/h4-8,12-14,21,29-30H,3H2,1-2H3,(H,24,31)(H,23,26,27)/t12-,13+,14-,21+/m0/s1. The average Bonchev–Trinajstić information content (AvgIpc) is 3.61. The minimum atomic E-state index is -1.40. The topological polar surface area (TPSA) is 134 Å². The van der Waals surface area contributed by atoms with E-state index in [0.717, 1.165) is 16.0 Å². The van der Waals surface area contributed by atoms with Crippen molar-refractivity contribution < 1.29 is 19.7 Å². The van der Waals surface area contributed by atoms with E-state index in [1.807, 2.05) is 22.9 Å². The molecule has 1 saturated heterocycles. The maximum absolute atomic E-state index is 12.3. The minimum absolute atomic E-state index is 0.374. The Labute approximate surface area is 207 Å². The van der Waals surface area contributed by atoms with Crippen LogP contribution in [0.1, 0.15) is 13.2 Å². The minimum Gasteiger partial charge on any atom is -0.387 e. The summed E-state index contributed by atoms with van der Waals surface area (Å²) in [6.07, 6.45) is -3.58. The molecule has 5 rings (SSSR count). The normalized spacial score (nSPS) is 22.4. The number of amides is 1. The number of aliphatic hydroxyl groups excluding tert-OH is 2. The molecular weight excluding hydrogens is 500 g/mol. The van der Waals surface area contributed by atoms with Gasteiger partial charge in [-0.1, -0.05) is 11.6 Å². The predicted octanol–water partition coefficient (Wildman–Crippen LogP) is 2.73. The number of carbonyl (C=O) groups excluding carboxylic acids is 1. The highest BCUT2D eigenvalue weighted by atomic mass is 35.5. The summed E-state index contributed by atoms with van der Waals surface area (Å²) in [5, 5.41) is 30.6. The first kappa shape index (κ1) is 23.1. The van der Waals surface area contributed by atoms with E-state index in [4.69, 9.17) is 21.3 Å². The van der Waals surface area contributed by atoms with Crippen LogP contribution in [0, 0.1) is 0 Å². The molecule has 1 aliphatic heterocycles. The maximum Gasteiger partial charge on any atom is 0.252 e. The van der Waals surface area contributed by atoms with Crippen LogP contribution in [0.25, 0.3) is 33.0 Å². The summed E-state index contributed by atoms with van der Waals surface area (Å²) in [5.41, 5.74) is 2.55. The van der Waals surface area contributed by atoms with Crippen LogP contribution in [0.3, 0.4) is 0 Å². The van der Waals surface area contributed by atoms with Crippen molar-refractivity contribution in [1.29, 1.82) is 0 Å². The monoisotopic (exact) mass is 520 g/mol. The second-order valence-corrected chi connectivity index (χ2v) is 10.00. The van der Waals surface area contributed by atoms with Gasteiger partial charge in [-0.2, -0.15) is 0 Å². The molecule has 0 radical (unpaired) electrons. The highest BCUT2D eigenvalue weighted by molar-refractivity contribution is 7.17. The maximum atomic E-state index is 12.3. The molecular formula is C21H21ClN6O4S2. The summed E-state index contributed by atoms with van der Waals surface area (Å²) in [7, 11) is 1.73. The number of thiophene rings is 2. The summed E-state index contributed by atoms with van der Waals surface area (Å²) < 4.78 is 7.96. The zero-order valence-electron chi connectivity index (χ0n) is 18.1. The van der Waals surface area contributed by atoms with Crippen molar-refractivity contribution in [1.82, 2.24) is 24.8 Å². The number of anilines is 1. The van der Waals surface area contributed by atoms with Gasteiger partial charge in [-0.3, -0.25) is 9.36 Å².